The van der Waals surface area contributed by atoms with Crippen molar-refractivity contribution >= 4 is 17.0 Å². The zero-order valence-electron chi connectivity index (χ0n) is 19.4. The molecule has 0 saturated heterocycles. The van der Waals surface area contributed by atoms with Crippen molar-refractivity contribution in [2.45, 2.75) is 40.2 Å². The standard InChI is InChI=1S/C25H26N8/c1-15-29-16(2)33(31-15)21-9-7-6-8-19(21)23-30-20-12-17(18-13-27-24(26)28-14-18)10-11-22(20)32(23)25(3,4)5/h6-14H,1-5H3,(H2,26,27,28). The van der Waals surface area contributed by atoms with Gasteiger partial charge in [-0.2, -0.15) is 5.10 Å². The highest BCUT2D eigenvalue weighted by Crippen LogP contribution is 2.35. The van der Waals surface area contributed by atoms with Crippen LogP contribution in [0.5, 0.6) is 0 Å². The first-order chi connectivity index (χ1) is 15.7. The van der Waals surface area contributed by atoms with Crippen LogP contribution in [-0.2, 0) is 5.54 Å². The predicted molar refractivity (Wildman–Crippen MR) is 130 cm³/mol. The number of para-hydroxylation sites is 1. The maximum atomic E-state index is 5.66. The largest absolute Gasteiger partial charge is 0.368 e. The van der Waals surface area contributed by atoms with Crippen molar-refractivity contribution in [3.05, 3.63) is 66.5 Å². The van der Waals surface area contributed by atoms with E-state index in [2.05, 4.69) is 75.7 Å². The van der Waals surface area contributed by atoms with Crippen molar-refractivity contribution in [1.82, 2.24) is 34.3 Å². The lowest BCUT2D eigenvalue weighted by atomic mass is 10.1. The van der Waals surface area contributed by atoms with E-state index in [-0.39, 0.29) is 11.5 Å². The van der Waals surface area contributed by atoms with Crippen molar-refractivity contribution in [2.24, 2.45) is 0 Å². The molecule has 0 fully saturated rings. The number of aromatic nitrogens is 7. The summed E-state index contributed by atoms with van der Waals surface area (Å²) in [6.07, 6.45) is 3.46. The fourth-order valence-electron chi connectivity index (χ4n) is 4.20. The van der Waals surface area contributed by atoms with E-state index in [4.69, 9.17) is 10.7 Å². The third-order valence-electron chi connectivity index (χ3n) is 5.58. The van der Waals surface area contributed by atoms with Crippen LogP contribution in [0.3, 0.4) is 0 Å². The Hall–Kier alpha value is -4.07. The Morgan fingerprint density at radius 1 is 0.879 bits per heavy atom. The molecule has 0 aliphatic heterocycles. The van der Waals surface area contributed by atoms with Gasteiger partial charge in [-0.1, -0.05) is 18.2 Å². The van der Waals surface area contributed by atoms with E-state index >= 15 is 0 Å². The van der Waals surface area contributed by atoms with Gasteiger partial charge >= 0.3 is 0 Å². The highest BCUT2D eigenvalue weighted by molar-refractivity contribution is 5.87. The summed E-state index contributed by atoms with van der Waals surface area (Å²) < 4.78 is 4.16. The minimum atomic E-state index is -0.198. The molecule has 2 N–H and O–H groups in total. The van der Waals surface area contributed by atoms with Gasteiger partial charge in [0.15, 0.2) is 0 Å². The normalized spacial score (nSPS) is 11.9. The number of fused-ring (bicyclic) bond motifs is 1. The van der Waals surface area contributed by atoms with Gasteiger partial charge in [0.05, 0.1) is 16.7 Å². The summed E-state index contributed by atoms with van der Waals surface area (Å²) in [5.41, 5.74) is 11.2. The SMILES string of the molecule is Cc1nc(C)n(-c2ccccc2-c2nc3cc(-c4cnc(N)nc4)ccc3n2C(C)(C)C)n1. The van der Waals surface area contributed by atoms with Crippen LogP contribution in [0.1, 0.15) is 32.4 Å². The lowest BCUT2D eigenvalue weighted by molar-refractivity contribution is 0.413. The maximum absolute atomic E-state index is 5.66. The number of nitrogens with zero attached hydrogens (tertiary/aromatic N) is 7. The molecule has 0 atom stereocenters. The number of rotatable bonds is 3. The lowest BCUT2D eigenvalue weighted by Crippen LogP contribution is -2.23. The summed E-state index contributed by atoms with van der Waals surface area (Å²) in [6.45, 7) is 10.4. The number of benzene rings is 2. The highest BCUT2D eigenvalue weighted by Gasteiger charge is 2.25. The maximum Gasteiger partial charge on any atom is 0.219 e. The highest BCUT2D eigenvalue weighted by atomic mass is 15.3. The number of nitrogens with two attached hydrogens (primary N) is 1. The predicted octanol–water partition coefficient (Wildman–Crippen LogP) is 4.70. The molecule has 0 unspecified atom stereocenters. The second-order valence-electron chi connectivity index (χ2n) is 9.11. The Balaban J connectivity index is 1.75. The molecule has 33 heavy (non-hydrogen) atoms. The van der Waals surface area contributed by atoms with E-state index in [1.54, 1.807) is 12.4 Å². The summed E-state index contributed by atoms with van der Waals surface area (Å²) in [6, 6.07) is 14.4. The molecule has 8 heteroatoms. The van der Waals surface area contributed by atoms with Crippen LogP contribution in [0, 0.1) is 13.8 Å². The second kappa shape index (κ2) is 7.51. The quantitative estimate of drug-likeness (QED) is 0.438. The smallest absolute Gasteiger partial charge is 0.219 e. The summed E-state index contributed by atoms with van der Waals surface area (Å²) in [7, 11) is 0. The first-order valence-electron chi connectivity index (χ1n) is 10.8. The Bertz CT molecular complexity index is 1470. The van der Waals surface area contributed by atoms with E-state index in [1.807, 2.05) is 30.7 Å². The molecule has 0 bridgehead atoms. The summed E-state index contributed by atoms with van der Waals surface area (Å²) in [5.74, 6) is 2.71. The van der Waals surface area contributed by atoms with Crippen molar-refractivity contribution in [1.29, 1.82) is 0 Å². The van der Waals surface area contributed by atoms with Crippen LogP contribution < -0.4 is 5.73 Å². The fourth-order valence-corrected chi connectivity index (χ4v) is 4.20. The number of aryl methyl sites for hydroxylation is 2. The molecule has 166 valence electrons. The molecule has 2 aromatic carbocycles. The third-order valence-corrected chi connectivity index (χ3v) is 5.58. The minimum absolute atomic E-state index is 0.198. The van der Waals surface area contributed by atoms with E-state index in [1.165, 1.54) is 0 Å². The van der Waals surface area contributed by atoms with Gasteiger partial charge in [-0.3, -0.25) is 0 Å². The van der Waals surface area contributed by atoms with Crippen molar-refractivity contribution in [3.63, 3.8) is 0 Å². The van der Waals surface area contributed by atoms with Crippen LogP contribution in [0.4, 0.5) is 5.95 Å². The molecule has 0 spiro atoms. The van der Waals surface area contributed by atoms with Gasteiger partial charge in [-0.05, 0) is 64.4 Å². The van der Waals surface area contributed by atoms with Crippen LogP contribution in [0.2, 0.25) is 0 Å². The molecule has 8 nitrogen and oxygen atoms in total. The molecule has 3 aromatic heterocycles. The Morgan fingerprint density at radius 2 is 1.61 bits per heavy atom. The summed E-state index contributed by atoms with van der Waals surface area (Å²) in [5, 5.41) is 4.62. The first-order valence-corrected chi connectivity index (χ1v) is 10.8. The van der Waals surface area contributed by atoms with Crippen LogP contribution in [-0.4, -0.2) is 34.3 Å². The Kier molecular flexibility index (Phi) is 4.74. The lowest BCUT2D eigenvalue weighted by Gasteiger charge is -2.25. The van der Waals surface area contributed by atoms with Gasteiger partial charge < -0.3 is 10.3 Å². The average molecular weight is 439 g/mol. The second-order valence-corrected chi connectivity index (χ2v) is 9.11. The van der Waals surface area contributed by atoms with Crippen molar-refractivity contribution in [3.8, 4) is 28.2 Å². The molecule has 0 aliphatic rings. The molecule has 0 radical (unpaired) electrons. The number of anilines is 1. The number of hydrogen-bond acceptors (Lipinski definition) is 6. The van der Waals surface area contributed by atoms with Crippen molar-refractivity contribution < 1.29 is 0 Å². The number of imidazole rings is 1. The molecular weight excluding hydrogens is 412 g/mol. The van der Waals surface area contributed by atoms with Crippen LogP contribution in [0.25, 0.3) is 39.2 Å². The van der Waals surface area contributed by atoms with Crippen molar-refractivity contribution in [2.75, 3.05) is 5.73 Å². The molecular formula is C25H26N8. The molecule has 0 amide bonds. The van der Waals surface area contributed by atoms with Gasteiger partial charge in [-0.25, -0.2) is 24.6 Å². The topological polar surface area (TPSA) is 100 Å². The molecule has 0 saturated carbocycles. The van der Waals surface area contributed by atoms with Gasteiger partial charge in [0.1, 0.15) is 17.5 Å². The van der Waals surface area contributed by atoms with Crippen LogP contribution >= 0.6 is 0 Å². The van der Waals surface area contributed by atoms with Gasteiger partial charge in [0.2, 0.25) is 5.95 Å². The summed E-state index contributed by atoms with van der Waals surface area (Å²) >= 11 is 0. The zero-order chi connectivity index (χ0) is 23.3. The first kappa shape index (κ1) is 20.8. The molecule has 0 aliphatic carbocycles. The van der Waals surface area contributed by atoms with E-state index in [9.17, 15) is 0 Å². The average Bonchev–Trinajstić information content (AvgIpc) is 3.33. The van der Waals surface area contributed by atoms with E-state index in [0.717, 1.165) is 50.9 Å². The van der Waals surface area contributed by atoms with Gasteiger partial charge in [0, 0.05) is 29.1 Å². The van der Waals surface area contributed by atoms with Crippen LogP contribution in [0.15, 0.2) is 54.9 Å². The summed E-state index contributed by atoms with van der Waals surface area (Å²) in [4.78, 5) is 17.9. The third kappa shape index (κ3) is 3.63. The Morgan fingerprint density at radius 3 is 2.27 bits per heavy atom. The molecule has 5 aromatic rings. The Labute approximate surface area is 192 Å². The molecule has 3 heterocycles. The van der Waals surface area contributed by atoms with Gasteiger partial charge in [-0.15, -0.1) is 0 Å². The number of hydrogen-bond donors (Lipinski definition) is 1. The molecule has 5 rings (SSSR count). The number of nitrogen functional groups attached to an aromatic ring is 1. The van der Waals surface area contributed by atoms with E-state index in [0.29, 0.717) is 0 Å². The van der Waals surface area contributed by atoms with Gasteiger partial charge in [0.25, 0.3) is 0 Å². The fraction of sp³-hybridized carbons (Fsp3) is 0.240. The van der Waals surface area contributed by atoms with E-state index < -0.39 is 0 Å². The minimum Gasteiger partial charge on any atom is -0.368 e. The monoisotopic (exact) mass is 438 g/mol. The zero-order valence-corrected chi connectivity index (χ0v) is 19.4.